The van der Waals surface area contributed by atoms with Crippen molar-refractivity contribution in [2.75, 3.05) is 5.73 Å². The van der Waals surface area contributed by atoms with E-state index in [0.29, 0.717) is 10.7 Å². The van der Waals surface area contributed by atoms with Crippen LogP contribution < -0.4 is 11.1 Å². The van der Waals surface area contributed by atoms with Crippen molar-refractivity contribution in [1.29, 1.82) is 0 Å². The summed E-state index contributed by atoms with van der Waals surface area (Å²) in [6, 6.07) is 3.83. The van der Waals surface area contributed by atoms with Gasteiger partial charge in [0.2, 0.25) is 0 Å². The monoisotopic (exact) mass is 332 g/mol. The molecule has 23 heavy (non-hydrogen) atoms. The molecule has 1 aromatic rings. The Labute approximate surface area is 143 Å². The Morgan fingerprint density at radius 3 is 2.70 bits per heavy atom. The summed E-state index contributed by atoms with van der Waals surface area (Å²) in [6.07, 6.45) is 8.27. The molecular formula is C19H25ClN2O. The number of carbonyl (C=O) groups is 1. The lowest BCUT2D eigenvalue weighted by Gasteiger charge is -2.36. The molecule has 3 rings (SSSR count). The van der Waals surface area contributed by atoms with Crippen molar-refractivity contribution in [3.05, 3.63) is 34.4 Å². The number of nitrogens with two attached hydrogens (primary N) is 1. The number of hydrogen-bond acceptors (Lipinski definition) is 3. The SMILES string of the molecule is CC1(C)Cc2cc(Cl)c(N)cc2/C(=C/C(=O)C2CCCCC2)N1. The number of hydrogen-bond donors (Lipinski definition) is 2. The van der Waals surface area contributed by atoms with E-state index in [2.05, 4.69) is 19.2 Å². The Bertz CT molecular complexity index is 658. The molecule has 3 N–H and O–H groups in total. The third kappa shape index (κ3) is 3.55. The van der Waals surface area contributed by atoms with Crippen molar-refractivity contribution in [3.8, 4) is 0 Å². The van der Waals surface area contributed by atoms with Crippen molar-refractivity contribution in [1.82, 2.24) is 5.32 Å². The van der Waals surface area contributed by atoms with Crippen LogP contribution in [-0.2, 0) is 11.2 Å². The summed E-state index contributed by atoms with van der Waals surface area (Å²) in [5.41, 5.74) is 9.47. The van der Waals surface area contributed by atoms with Crippen LogP contribution in [0.1, 0.15) is 57.1 Å². The molecule has 0 aromatic heterocycles. The Morgan fingerprint density at radius 2 is 2.00 bits per heavy atom. The second-order valence-corrected chi connectivity index (χ2v) is 7.92. The Balaban J connectivity index is 1.96. The zero-order valence-electron chi connectivity index (χ0n) is 13.9. The van der Waals surface area contributed by atoms with E-state index in [-0.39, 0.29) is 17.2 Å². The van der Waals surface area contributed by atoms with Crippen LogP contribution in [-0.4, -0.2) is 11.3 Å². The summed E-state index contributed by atoms with van der Waals surface area (Å²) in [5.74, 6) is 0.417. The third-order valence-electron chi connectivity index (χ3n) is 4.91. The highest BCUT2D eigenvalue weighted by Gasteiger charge is 2.29. The highest BCUT2D eigenvalue weighted by Crippen LogP contribution is 2.35. The molecular weight excluding hydrogens is 308 g/mol. The van der Waals surface area contributed by atoms with Crippen LogP contribution in [0.5, 0.6) is 0 Å². The van der Waals surface area contributed by atoms with Gasteiger partial charge in [-0.2, -0.15) is 0 Å². The summed E-state index contributed by atoms with van der Waals surface area (Å²) in [7, 11) is 0. The zero-order chi connectivity index (χ0) is 16.6. The van der Waals surface area contributed by atoms with Crippen LogP contribution >= 0.6 is 11.6 Å². The molecule has 0 saturated heterocycles. The average molecular weight is 333 g/mol. The van der Waals surface area contributed by atoms with Crippen molar-refractivity contribution in [2.24, 2.45) is 5.92 Å². The summed E-state index contributed by atoms with van der Waals surface area (Å²) < 4.78 is 0. The van der Waals surface area contributed by atoms with Gasteiger partial charge in [-0.1, -0.05) is 30.9 Å². The molecule has 1 heterocycles. The van der Waals surface area contributed by atoms with Crippen LogP contribution in [0.25, 0.3) is 5.70 Å². The van der Waals surface area contributed by atoms with Gasteiger partial charge in [0.15, 0.2) is 5.78 Å². The maximum absolute atomic E-state index is 12.7. The molecule has 1 aliphatic heterocycles. The normalized spacial score (nSPS) is 22.5. The lowest BCUT2D eigenvalue weighted by molar-refractivity contribution is -0.119. The minimum Gasteiger partial charge on any atom is -0.398 e. The van der Waals surface area contributed by atoms with Gasteiger partial charge in [-0.25, -0.2) is 0 Å². The molecule has 1 aromatic carbocycles. The number of nitrogen functional groups attached to an aromatic ring is 1. The van der Waals surface area contributed by atoms with Crippen LogP contribution in [0.2, 0.25) is 5.02 Å². The average Bonchev–Trinajstić information content (AvgIpc) is 2.49. The number of ketones is 1. The van der Waals surface area contributed by atoms with Crippen LogP contribution in [0.15, 0.2) is 18.2 Å². The van der Waals surface area contributed by atoms with E-state index < -0.39 is 0 Å². The van der Waals surface area contributed by atoms with E-state index in [9.17, 15) is 4.79 Å². The Morgan fingerprint density at radius 1 is 1.30 bits per heavy atom. The molecule has 0 radical (unpaired) electrons. The smallest absolute Gasteiger partial charge is 0.160 e. The van der Waals surface area contributed by atoms with Crippen molar-refractivity contribution in [2.45, 2.75) is 57.9 Å². The van der Waals surface area contributed by atoms with Gasteiger partial charge in [0.05, 0.1) is 10.7 Å². The first-order valence-corrected chi connectivity index (χ1v) is 8.85. The number of nitrogens with one attached hydrogen (secondary N) is 1. The maximum atomic E-state index is 12.7. The zero-order valence-corrected chi connectivity index (χ0v) is 14.7. The van der Waals surface area contributed by atoms with Gasteiger partial charge in [0.1, 0.15) is 0 Å². The van der Waals surface area contributed by atoms with Gasteiger partial charge in [0.25, 0.3) is 0 Å². The Hall–Kier alpha value is -1.48. The van der Waals surface area contributed by atoms with E-state index in [0.717, 1.165) is 48.9 Å². The lowest BCUT2D eigenvalue weighted by Crippen LogP contribution is -2.44. The summed E-state index contributed by atoms with van der Waals surface area (Å²) in [5, 5.41) is 4.09. The van der Waals surface area contributed by atoms with Crippen molar-refractivity contribution < 1.29 is 4.79 Å². The van der Waals surface area contributed by atoms with Gasteiger partial charge in [-0.15, -0.1) is 0 Å². The second-order valence-electron chi connectivity index (χ2n) is 7.51. The number of rotatable bonds is 2. The molecule has 0 unspecified atom stereocenters. The summed E-state index contributed by atoms with van der Waals surface area (Å²) in [4.78, 5) is 12.7. The second kappa shape index (κ2) is 6.20. The van der Waals surface area contributed by atoms with Crippen molar-refractivity contribution in [3.63, 3.8) is 0 Å². The molecule has 1 saturated carbocycles. The number of benzene rings is 1. The quantitative estimate of drug-likeness (QED) is 0.625. The number of allylic oxidation sites excluding steroid dienone is 1. The van der Waals surface area contributed by atoms with Crippen LogP contribution in [0, 0.1) is 5.92 Å². The molecule has 1 fully saturated rings. The number of fused-ring (bicyclic) bond motifs is 1. The minimum absolute atomic E-state index is 0.106. The Kier molecular flexibility index (Phi) is 4.41. The first kappa shape index (κ1) is 16.4. The molecule has 0 amide bonds. The van der Waals surface area contributed by atoms with Gasteiger partial charge in [0, 0.05) is 28.8 Å². The van der Waals surface area contributed by atoms with Gasteiger partial charge in [-0.05, 0) is 50.8 Å². The lowest BCUT2D eigenvalue weighted by atomic mass is 9.83. The number of anilines is 1. The first-order chi connectivity index (χ1) is 10.9. The predicted molar refractivity (Wildman–Crippen MR) is 96.3 cm³/mol. The minimum atomic E-state index is -0.106. The highest BCUT2D eigenvalue weighted by atomic mass is 35.5. The fourth-order valence-electron chi connectivity index (χ4n) is 3.74. The molecule has 124 valence electrons. The van der Waals surface area contributed by atoms with Crippen LogP contribution in [0.4, 0.5) is 5.69 Å². The molecule has 0 bridgehead atoms. The standard InChI is InChI=1S/C19H25ClN2O/c1-19(2)11-13-8-15(20)16(21)9-14(13)17(22-19)10-18(23)12-6-4-3-5-7-12/h8-10,12,22H,3-7,11,21H2,1-2H3/b17-10-. The molecule has 0 atom stereocenters. The molecule has 3 nitrogen and oxygen atoms in total. The van der Waals surface area contributed by atoms with Gasteiger partial charge >= 0.3 is 0 Å². The predicted octanol–water partition coefficient (Wildman–Crippen LogP) is 4.34. The maximum Gasteiger partial charge on any atom is 0.160 e. The van der Waals surface area contributed by atoms with Crippen LogP contribution in [0.3, 0.4) is 0 Å². The molecule has 4 heteroatoms. The van der Waals surface area contributed by atoms with E-state index in [1.807, 2.05) is 12.1 Å². The summed E-state index contributed by atoms with van der Waals surface area (Å²) >= 11 is 6.18. The van der Waals surface area contributed by atoms with E-state index in [1.165, 1.54) is 6.42 Å². The van der Waals surface area contributed by atoms with E-state index in [4.69, 9.17) is 17.3 Å². The molecule has 1 aliphatic carbocycles. The van der Waals surface area contributed by atoms with Gasteiger partial charge in [-0.3, -0.25) is 4.79 Å². The third-order valence-corrected chi connectivity index (χ3v) is 5.24. The molecule has 2 aliphatic rings. The summed E-state index contributed by atoms with van der Waals surface area (Å²) in [6.45, 7) is 4.28. The topological polar surface area (TPSA) is 55.1 Å². The van der Waals surface area contributed by atoms with E-state index >= 15 is 0 Å². The van der Waals surface area contributed by atoms with Gasteiger partial charge < -0.3 is 11.1 Å². The van der Waals surface area contributed by atoms with Crippen molar-refractivity contribution >= 4 is 28.8 Å². The fraction of sp³-hybridized carbons (Fsp3) is 0.526. The number of halogens is 1. The first-order valence-electron chi connectivity index (χ1n) is 8.48. The highest BCUT2D eigenvalue weighted by molar-refractivity contribution is 6.33. The largest absolute Gasteiger partial charge is 0.398 e. The fourth-order valence-corrected chi connectivity index (χ4v) is 3.93. The number of carbonyl (C=O) groups excluding carboxylic acids is 1. The molecule has 0 spiro atoms. The van der Waals surface area contributed by atoms with E-state index in [1.54, 1.807) is 6.08 Å².